The predicted octanol–water partition coefficient (Wildman–Crippen LogP) is 1.63. The Morgan fingerprint density at radius 1 is 1.46 bits per heavy atom. The van der Waals surface area contributed by atoms with E-state index in [4.69, 9.17) is 0 Å². The Morgan fingerprint density at radius 3 is 2.85 bits per heavy atom. The van der Waals surface area contributed by atoms with Gasteiger partial charge in [0.25, 0.3) is 0 Å². The number of pyridine rings is 1. The summed E-state index contributed by atoms with van der Waals surface area (Å²) in [6.45, 7) is 7.15. The van der Waals surface area contributed by atoms with Gasteiger partial charge in [-0.1, -0.05) is 13.8 Å². The lowest BCUT2D eigenvalue weighted by molar-refractivity contribution is 0.381. The van der Waals surface area contributed by atoms with E-state index >= 15 is 0 Å². The molecule has 0 saturated carbocycles. The molecule has 26 heavy (non-hydrogen) atoms. The van der Waals surface area contributed by atoms with E-state index in [9.17, 15) is 8.42 Å². The maximum absolute atomic E-state index is 12.1. The second-order valence-electron chi connectivity index (χ2n) is 6.16. The zero-order valence-electron chi connectivity index (χ0n) is 15.4. The molecule has 2 N–H and O–H groups in total. The van der Waals surface area contributed by atoms with Crippen LogP contribution in [0.5, 0.6) is 0 Å². The summed E-state index contributed by atoms with van der Waals surface area (Å²) in [5, 5.41) is 3.84. The fourth-order valence-electron chi connectivity index (χ4n) is 2.55. The van der Waals surface area contributed by atoms with Crippen molar-refractivity contribution in [3.63, 3.8) is 0 Å². The first-order chi connectivity index (χ1) is 11.9. The van der Waals surface area contributed by atoms with E-state index in [1.54, 1.807) is 19.3 Å². The number of halogens is 1. The smallest absolute Gasteiger partial charge is 0.242 e. The number of guanidine groups is 1. The lowest BCUT2D eigenvalue weighted by Crippen LogP contribution is -2.50. The summed E-state index contributed by atoms with van der Waals surface area (Å²) in [7, 11) is -1.76. The first-order valence-electron chi connectivity index (χ1n) is 8.41. The molecule has 1 fully saturated rings. The van der Waals surface area contributed by atoms with Crippen LogP contribution < -0.4 is 10.0 Å². The van der Waals surface area contributed by atoms with Gasteiger partial charge in [-0.2, -0.15) is 11.8 Å². The van der Waals surface area contributed by atoms with Crippen molar-refractivity contribution in [2.45, 2.75) is 24.0 Å². The first kappa shape index (κ1) is 23.4. The SMILES string of the molecule is CN=C(NCCNS(=O)(=O)c1cccnc1)N1CCSC(C(C)C)C1.I. The number of aromatic nitrogens is 1. The van der Waals surface area contributed by atoms with Crippen molar-refractivity contribution in [3.8, 4) is 0 Å². The zero-order valence-corrected chi connectivity index (χ0v) is 19.3. The monoisotopic (exact) mass is 513 g/mol. The number of nitrogens with zero attached hydrogens (tertiary/aromatic N) is 3. The predicted molar refractivity (Wildman–Crippen MR) is 119 cm³/mol. The molecule has 1 atom stereocenters. The Balaban J connectivity index is 0.00000338. The molecule has 0 aromatic carbocycles. The molecule has 1 aromatic rings. The third-order valence-electron chi connectivity index (χ3n) is 3.99. The van der Waals surface area contributed by atoms with Gasteiger partial charge >= 0.3 is 0 Å². The van der Waals surface area contributed by atoms with E-state index in [1.807, 2.05) is 11.8 Å². The van der Waals surface area contributed by atoms with Gasteiger partial charge in [0.05, 0.1) is 0 Å². The molecule has 1 unspecified atom stereocenters. The summed E-state index contributed by atoms with van der Waals surface area (Å²) in [5.41, 5.74) is 0. The molecule has 1 aliphatic heterocycles. The van der Waals surface area contributed by atoms with E-state index in [0.717, 1.165) is 24.8 Å². The normalized spacial score (nSPS) is 18.5. The van der Waals surface area contributed by atoms with Gasteiger partial charge in [-0.05, 0) is 18.1 Å². The van der Waals surface area contributed by atoms with Crippen LogP contribution >= 0.6 is 35.7 Å². The largest absolute Gasteiger partial charge is 0.355 e. The molecule has 0 aliphatic carbocycles. The first-order valence-corrected chi connectivity index (χ1v) is 10.9. The molecule has 1 saturated heterocycles. The lowest BCUT2D eigenvalue weighted by Gasteiger charge is -2.36. The number of sulfonamides is 1. The van der Waals surface area contributed by atoms with Gasteiger partial charge in [-0.15, -0.1) is 24.0 Å². The van der Waals surface area contributed by atoms with Gasteiger partial charge in [-0.25, -0.2) is 13.1 Å². The summed E-state index contributed by atoms with van der Waals surface area (Å²) in [6, 6.07) is 3.13. The number of nitrogens with one attached hydrogen (secondary N) is 2. The van der Waals surface area contributed by atoms with Crippen molar-refractivity contribution < 1.29 is 8.42 Å². The van der Waals surface area contributed by atoms with Crippen LogP contribution in [0, 0.1) is 5.92 Å². The highest BCUT2D eigenvalue weighted by Gasteiger charge is 2.24. The van der Waals surface area contributed by atoms with E-state index in [2.05, 4.69) is 38.8 Å². The van der Waals surface area contributed by atoms with Crippen LogP contribution in [-0.2, 0) is 10.0 Å². The highest BCUT2D eigenvalue weighted by Crippen LogP contribution is 2.24. The highest BCUT2D eigenvalue weighted by molar-refractivity contribution is 14.0. The van der Waals surface area contributed by atoms with E-state index in [-0.39, 0.29) is 35.4 Å². The van der Waals surface area contributed by atoms with Crippen LogP contribution in [0.4, 0.5) is 0 Å². The van der Waals surface area contributed by atoms with E-state index in [1.165, 1.54) is 12.3 Å². The molecule has 2 rings (SSSR count). The molecular weight excluding hydrogens is 485 g/mol. The fraction of sp³-hybridized carbons (Fsp3) is 0.625. The van der Waals surface area contributed by atoms with Crippen molar-refractivity contribution >= 4 is 51.7 Å². The minimum absolute atomic E-state index is 0. The Kier molecular flexibility index (Phi) is 10.2. The number of rotatable bonds is 6. The van der Waals surface area contributed by atoms with Crippen LogP contribution in [0.25, 0.3) is 0 Å². The van der Waals surface area contributed by atoms with E-state index < -0.39 is 10.0 Å². The number of thioether (sulfide) groups is 1. The summed E-state index contributed by atoms with van der Waals surface area (Å²) in [4.78, 5) is 10.6. The third kappa shape index (κ3) is 6.86. The summed E-state index contributed by atoms with van der Waals surface area (Å²) in [6.07, 6.45) is 2.89. The summed E-state index contributed by atoms with van der Waals surface area (Å²) in [5.74, 6) is 2.53. The standard InChI is InChI=1S/C16H27N5O2S2.HI/c1-13(2)15-12-21(9-10-24-15)16(17-3)19-7-8-20-25(22,23)14-5-4-6-18-11-14;/h4-6,11,13,15,20H,7-10,12H2,1-3H3,(H,17,19);1H. The molecule has 0 spiro atoms. The zero-order chi connectivity index (χ0) is 18.3. The topological polar surface area (TPSA) is 86.7 Å². The third-order valence-corrected chi connectivity index (χ3v) is 6.98. The van der Waals surface area contributed by atoms with Gasteiger partial charge in [0.15, 0.2) is 5.96 Å². The molecular formula is C16H28IN5O2S2. The molecule has 1 aromatic heterocycles. The van der Waals surface area contributed by atoms with Crippen LogP contribution in [0.1, 0.15) is 13.8 Å². The van der Waals surface area contributed by atoms with Gasteiger partial charge in [0, 0.05) is 56.6 Å². The van der Waals surface area contributed by atoms with E-state index in [0.29, 0.717) is 17.7 Å². The quantitative estimate of drug-likeness (QED) is 0.260. The Labute approximate surface area is 177 Å². The number of hydrogen-bond donors (Lipinski definition) is 2. The lowest BCUT2D eigenvalue weighted by atomic mass is 10.1. The highest BCUT2D eigenvalue weighted by atomic mass is 127. The van der Waals surface area contributed by atoms with Gasteiger partial charge < -0.3 is 10.2 Å². The molecule has 2 heterocycles. The molecule has 0 amide bonds. The average Bonchev–Trinajstić information content (AvgIpc) is 2.62. The minimum Gasteiger partial charge on any atom is -0.355 e. The van der Waals surface area contributed by atoms with Gasteiger partial charge in [-0.3, -0.25) is 9.98 Å². The molecule has 10 heteroatoms. The van der Waals surface area contributed by atoms with Crippen LogP contribution in [0.3, 0.4) is 0 Å². The molecule has 0 bridgehead atoms. The summed E-state index contributed by atoms with van der Waals surface area (Å²) < 4.78 is 26.9. The van der Waals surface area contributed by atoms with Crippen LogP contribution in [0.15, 0.2) is 34.4 Å². The second kappa shape index (κ2) is 11.3. The van der Waals surface area contributed by atoms with Gasteiger partial charge in [0.2, 0.25) is 10.0 Å². The molecule has 1 aliphatic rings. The minimum atomic E-state index is -3.52. The average molecular weight is 513 g/mol. The van der Waals surface area contributed by atoms with Gasteiger partial charge in [0.1, 0.15) is 4.90 Å². The van der Waals surface area contributed by atoms with Crippen molar-refractivity contribution in [3.05, 3.63) is 24.5 Å². The maximum atomic E-state index is 12.1. The number of aliphatic imine (C=N–C) groups is 1. The van der Waals surface area contributed by atoms with Crippen molar-refractivity contribution in [2.24, 2.45) is 10.9 Å². The molecule has 148 valence electrons. The van der Waals surface area contributed by atoms with Crippen molar-refractivity contribution in [1.29, 1.82) is 0 Å². The fourth-order valence-corrected chi connectivity index (χ4v) is 4.85. The second-order valence-corrected chi connectivity index (χ2v) is 9.27. The Bertz CT molecular complexity index is 670. The number of hydrogen-bond acceptors (Lipinski definition) is 5. The van der Waals surface area contributed by atoms with Crippen LogP contribution in [0.2, 0.25) is 0 Å². The Morgan fingerprint density at radius 2 is 2.23 bits per heavy atom. The van der Waals surface area contributed by atoms with Crippen LogP contribution in [-0.4, -0.2) is 68.5 Å². The van der Waals surface area contributed by atoms with Crippen molar-refractivity contribution in [1.82, 2.24) is 19.9 Å². The molecule has 0 radical (unpaired) electrons. The Hall–Kier alpha value is -0.590. The maximum Gasteiger partial charge on any atom is 0.242 e. The summed E-state index contributed by atoms with van der Waals surface area (Å²) >= 11 is 2.01. The molecule has 7 nitrogen and oxygen atoms in total. The van der Waals surface area contributed by atoms with Crippen molar-refractivity contribution in [2.75, 3.05) is 39.0 Å².